The Morgan fingerprint density at radius 2 is 1.89 bits per heavy atom. The molecule has 1 N–H and O–H groups in total. The molecule has 0 bridgehead atoms. The predicted octanol–water partition coefficient (Wildman–Crippen LogP) is 2.60. The third-order valence-electron chi connectivity index (χ3n) is 3.69. The lowest BCUT2D eigenvalue weighted by Gasteiger charge is -2.33. The van der Waals surface area contributed by atoms with E-state index in [1.54, 1.807) is 19.1 Å². The first-order valence-electron chi connectivity index (χ1n) is 6.30. The fourth-order valence-corrected chi connectivity index (χ4v) is 3.89. The van der Waals surface area contributed by atoms with Crippen molar-refractivity contribution >= 4 is 10.8 Å². The number of hydrogen-bond acceptors (Lipinski definition) is 2. The molecule has 1 aromatic carbocycles. The number of alkyl halides is 1. The summed E-state index contributed by atoms with van der Waals surface area (Å²) in [5.74, 6) is -0.147. The lowest BCUT2D eigenvalue weighted by Crippen LogP contribution is -2.45. The number of aryl methyl sites for hydroxylation is 1. The molecule has 1 fully saturated rings. The van der Waals surface area contributed by atoms with Gasteiger partial charge < -0.3 is 5.11 Å². The fourth-order valence-electron chi connectivity index (χ4n) is 2.38. The average molecular weight is 270 g/mol. The van der Waals surface area contributed by atoms with Crippen LogP contribution in [0.3, 0.4) is 0 Å². The van der Waals surface area contributed by atoms with Crippen LogP contribution in [-0.4, -0.2) is 26.8 Å². The molecule has 100 valence electrons. The summed E-state index contributed by atoms with van der Waals surface area (Å²) in [4.78, 5) is 0.673. The first-order chi connectivity index (χ1) is 8.50. The molecular formula is C14H19FO2S. The maximum absolute atomic E-state index is 13.8. The van der Waals surface area contributed by atoms with E-state index in [1.807, 2.05) is 19.1 Å². The van der Waals surface area contributed by atoms with Gasteiger partial charge >= 0.3 is 0 Å². The van der Waals surface area contributed by atoms with Crippen LogP contribution >= 0.6 is 0 Å². The van der Waals surface area contributed by atoms with Gasteiger partial charge in [0.2, 0.25) is 0 Å². The van der Waals surface area contributed by atoms with Crippen molar-refractivity contribution in [2.75, 3.05) is 0 Å². The predicted molar refractivity (Wildman–Crippen MR) is 70.7 cm³/mol. The van der Waals surface area contributed by atoms with E-state index in [2.05, 4.69) is 0 Å². The second-order valence-corrected chi connectivity index (χ2v) is 6.81. The molecule has 1 saturated carbocycles. The topological polar surface area (TPSA) is 37.3 Å². The van der Waals surface area contributed by atoms with E-state index in [0.29, 0.717) is 17.7 Å². The highest BCUT2D eigenvalue weighted by atomic mass is 32.2. The van der Waals surface area contributed by atoms with Crippen LogP contribution in [0.4, 0.5) is 4.39 Å². The van der Waals surface area contributed by atoms with Crippen LogP contribution in [0.15, 0.2) is 29.2 Å². The number of rotatable bonds is 2. The number of halogens is 1. The SMILES string of the molecule is Cc1ccc(S(=O)[C@@H]2CC[C@@H](C)[C@@H](F)[C@@H]2O)cc1. The quantitative estimate of drug-likeness (QED) is 0.897. The smallest absolute Gasteiger partial charge is 0.130 e. The van der Waals surface area contributed by atoms with E-state index in [1.165, 1.54) is 0 Å². The zero-order chi connectivity index (χ0) is 13.3. The van der Waals surface area contributed by atoms with Gasteiger partial charge in [-0.25, -0.2) is 4.39 Å². The summed E-state index contributed by atoms with van der Waals surface area (Å²) in [6.45, 7) is 3.75. The van der Waals surface area contributed by atoms with Crippen LogP contribution < -0.4 is 0 Å². The number of hydrogen-bond donors (Lipinski definition) is 1. The van der Waals surface area contributed by atoms with Gasteiger partial charge in [0.05, 0.1) is 16.0 Å². The summed E-state index contributed by atoms with van der Waals surface area (Å²) in [7, 11) is -1.33. The van der Waals surface area contributed by atoms with Crippen LogP contribution in [-0.2, 0) is 10.8 Å². The van der Waals surface area contributed by atoms with E-state index in [4.69, 9.17) is 0 Å². The maximum Gasteiger partial charge on any atom is 0.130 e. The van der Waals surface area contributed by atoms with E-state index < -0.39 is 28.3 Å². The van der Waals surface area contributed by atoms with Crippen molar-refractivity contribution in [1.29, 1.82) is 0 Å². The fraction of sp³-hybridized carbons (Fsp3) is 0.571. The van der Waals surface area contributed by atoms with E-state index in [0.717, 1.165) is 5.56 Å². The molecular weight excluding hydrogens is 251 g/mol. The highest BCUT2D eigenvalue weighted by Gasteiger charge is 2.39. The molecule has 0 saturated heterocycles. The summed E-state index contributed by atoms with van der Waals surface area (Å²) < 4.78 is 26.1. The zero-order valence-electron chi connectivity index (χ0n) is 10.7. The van der Waals surface area contributed by atoms with Crippen molar-refractivity contribution in [2.24, 2.45) is 5.92 Å². The molecule has 1 aliphatic rings. The second kappa shape index (κ2) is 5.49. The zero-order valence-corrected chi connectivity index (χ0v) is 11.5. The molecule has 5 atom stereocenters. The minimum absolute atomic E-state index is 0.147. The Hall–Kier alpha value is -0.740. The minimum atomic E-state index is -1.33. The Labute approximate surface area is 110 Å². The van der Waals surface area contributed by atoms with Gasteiger partial charge in [-0.2, -0.15) is 0 Å². The minimum Gasteiger partial charge on any atom is -0.389 e. The second-order valence-electron chi connectivity index (χ2n) is 5.14. The summed E-state index contributed by atoms with van der Waals surface area (Å²) in [5.41, 5.74) is 1.09. The number of aliphatic hydroxyl groups excluding tert-OH is 1. The Kier molecular flexibility index (Phi) is 4.17. The van der Waals surface area contributed by atoms with Crippen molar-refractivity contribution in [3.05, 3.63) is 29.8 Å². The van der Waals surface area contributed by atoms with Gasteiger partial charge in [-0.1, -0.05) is 24.6 Å². The number of aliphatic hydroxyl groups is 1. The van der Waals surface area contributed by atoms with E-state index >= 15 is 0 Å². The molecule has 2 nitrogen and oxygen atoms in total. The molecule has 1 unspecified atom stereocenters. The van der Waals surface area contributed by atoms with Crippen LogP contribution in [0, 0.1) is 12.8 Å². The van der Waals surface area contributed by atoms with Gasteiger partial charge in [-0.15, -0.1) is 0 Å². The molecule has 4 heteroatoms. The summed E-state index contributed by atoms with van der Waals surface area (Å²) in [6.07, 6.45) is -1.09. The van der Waals surface area contributed by atoms with Gasteiger partial charge in [0, 0.05) is 4.90 Å². The molecule has 0 aliphatic heterocycles. The molecule has 0 amide bonds. The Morgan fingerprint density at radius 3 is 2.50 bits per heavy atom. The molecule has 1 aliphatic carbocycles. The van der Waals surface area contributed by atoms with Crippen molar-refractivity contribution < 1.29 is 13.7 Å². The third kappa shape index (κ3) is 2.64. The third-order valence-corrected chi connectivity index (χ3v) is 5.49. The first kappa shape index (κ1) is 13.7. The first-order valence-corrected chi connectivity index (χ1v) is 7.51. The molecule has 0 aromatic heterocycles. The molecule has 0 spiro atoms. The Bertz CT molecular complexity index is 432. The maximum atomic E-state index is 13.8. The van der Waals surface area contributed by atoms with E-state index in [9.17, 15) is 13.7 Å². The van der Waals surface area contributed by atoms with Crippen LogP contribution in [0.1, 0.15) is 25.3 Å². The summed E-state index contributed by atoms with van der Waals surface area (Å²) in [6, 6.07) is 7.36. The van der Waals surface area contributed by atoms with Gasteiger partial charge in [-0.05, 0) is 37.8 Å². The van der Waals surface area contributed by atoms with Gasteiger partial charge in [0.15, 0.2) is 0 Å². The largest absolute Gasteiger partial charge is 0.389 e. The van der Waals surface area contributed by atoms with Crippen molar-refractivity contribution in [1.82, 2.24) is 0 Å². The van der Waals surface area contributed by atoms with Crippen LogP contribution in [0.25, 0.3) is 0 Å². The lowest BCUT2D eigenvalue weighted by atomic mass is 9.86. The normalized spacial score (nSPS) is 34.2. The van der Waals surface area contributed by atoms with Crippen LogP contribution in [0.5, 0.6) is 0 Å². The average Bonchev–Trinajstić information content (AvgIpc) is 2.36. The Morgan fingerprint density at radius 1 is 1.28 bits per heavy atom. The number of benzene rings is 1. The van der Waals surface area contributed by atoms with E-state index in [-0.39, 0.29) is 5.92 Å². The highest BCUT2D eigenvalue weighted by Crippen LogP contribution is 2.32. The summed E-state index contributed by atoms with van der Waals surface area (Å²) >= 11 is 0. The van der Waals surface area contributed by atoms with Crippen molar-refractivity contribution in [3.8, 4) is 0 Å². The standard InChI is InChI=1S/C14H19FO2S/c1-9-3-6-11(7-4-9)18(17)12-8-5-10(2)13(15)14(12)16/h3-4,6-7,10,12-14,16H,5,8H2,1-2H3/t10-,12-,13-,14-,18?/m1/s1. The molecule has 2 rings (SSSR count). The van der Waals surface area contributed by atoms with Crippen LogP contribution in [0.2, 0.25) is 0 Å². The lowest BCUT2D eigenvalue weighted by molar-refractivity contribution is 0.0173. The van der Waals surface area contributed by atoms with Gasteiger partial charge in [0.25, 0.3) is 0 Å². The monoisotopic (exact) mass is 270 g/mol. The molecule has 0 heterocycles. The van der Waals surface area contributed by atoms with Gasteiger partial charge in [0.1, 0.15) is 12.3 Å². The van der Waals surface area contributed by atoms with Crippen molar-refractivity contribution in [3.63, 3.8) is 0 Å². The molecule has 1 aromatic rings. The Balaban J connectivity index is 2.16. The van der Waals surface area contributed by atoms with Gasteiger partial charge in [-0.3, -0.25) is 4.21 Å². The molecule has 18 heavy (non-hydrogen) atoms. The molecule has 0 radical (unpaired) electrons. The van der Waals surface area contributed by atoms with Crippen molar-refractivity contribution in [2.45, 2.75) is 49.1 Å². The summed E-state index contributed by atoms with van der Waals surface area (Å²) in [5, 5.41) is 9.44. The highest BCUT2D eigenvalue weighted by molar-refractivity contribution is 7.85.